The number of carbonyl (C=O) groups is 2. The molecule has 0 aliphatic rings. The third kappa shape index (κ3) is 14.7. The Morgan fingerprint density at radius 3 is 1.68 bits per heavy atom. The average Bonchev–Trinajstić information content (AvgIpc) is 2.57. The fourth-order valence-electron chi connectivity index (χ4n) is 3.13. The first kappa shape index (κ1) is 23.7. The van der Waals surface area contributed by atoms with Crippen LogP contribution in [0.5, 0.6) is 0 Å². The summed E-state index contributed by atoms with van der Waals surface area (Å²) < 4.78 is 0. The number of unbranched alkanes of at least 4 members (excludes halogenated alkanes) is 10. The fourth-order valence-corrected chi connectivity index (χ4v) is 3.13. The van der Waals surface area contributed by atoms with E-state index in [0.29, 0.717) is 0 Å². The molecule has 0 saturated heterocycles. The first-order valence-electron chi connectivity index (χ1n) is 10.2. The van der Waals surface area contributed by atoms with Gasteiger partial charge in [-0.2, -0.15) is 0 Å². The molecule has 146 valence electrons. The summed E-state index contributed by atoms with van der Waals surface area (Å²) in [5.41, 5.74) is 0.0161. The maximum Gasteiger partial charge on any atom is 0.331 e. The monoisotopic (exact) mass is 354 g/mol. The van der Waals surface area contributed by atoms with Crippen LogP contribution >= 0.6 is 0 Å². The van der Waals surface area contributed by atoms with E-state index in [1.165, 1.54) is 64.2 Å². The Bertz CT molecular complexity index is 387. The molecular formula is C21H38O4. The normalized spacial score (nSPS) is 13.0. The van der Waals surface area contributed by atoms with Crippen molar-refractivity contribution in [1.29, 1.82) is 0 Å². The molecule has 0 aliphatic heterocycles. The topological polar surface area (TPSA) is 74.6 Å². The summed E-state index contributed by atoms with van der Waals surface area (Å²) in [5, 5.41) is 17.9. The van der Waals surface area contributed by atoms with E-state index in [-0.39, 0.29) is 11.5 Å². The van der Waals surface area contributed by atoms with Crippen molar-refractivity contribution in [2.75, 3.05) is 0 Å². The maximum atomic E-state index is 11.1. The van der Waals surface area contributed by atoms with Gasteiger partial charge in [0.15, 0.2) is 0 Å². The molecule has 0 spiro atoms. The van der Waals surface area contributed by atoms with Gasteiger partial charge in [0.2, 0.25) is 0 Å². The summed E-state index contributed by atoms with van der Waals surface area (Å²) in [6.45, 7) is 4.27. The molecular weight excluding hydrogens is 316 g/mol. The third-order valence-corrected chi connectivity index (χ3v) is 4.76. The molecule has 0 fully saturated rings. The minimum Gasteiger partial charge on any atom is -0.481 e. The minimum atomic E-state index is -1.11. The summed E-state index contributed by atoms with van der Waals surface area (Å²) in [6, 6.07) is 0. The SMILES string of the molecule is CCCCCCCCCCCCC[C@H](C=C(CC(=O)O)C(=O)O)CC. The molecule has 0 saturated carbocycles. The van der Waals surface area contributed by atoms with Crippen LogP contribution in [0.2, 0.25) is 0 Å². The van der Waals surface area contributed by atoms with Crippen LogP contribution in [0, 0.1) is 5.92 Å². The Hall–Kier alpha value is -1.32. The van der Waals surface area contributed by atoms with Gasteiger partial charge in [0.05, 0.1) is 6.42 Å². The zero-order valence-corrected chi connectivity index (χ0v) is 16.3. The standard InChI is InChI=1S/C21H38O4/c1-3-5-6-7-8-9-10-11-12-13-14-15-18(4-2)16-19(21(24)25)17-20(22)23/h16,18H,3-15,17H2,1-2H3,(H,22,23)(H,24,25)/t18-/m1/s1. The molecule has 4 nitrogen and oxygen atoms in total. The fraction of sp³-hybridized carbons (Fsp3) is 0.810. The molecule has 0 amide bonds. The van der Waals surface area contributed by atoms with E-state index >= 15 is 0 Å². The molecule has 0 aliphatic carbocycles. The third-order valence-electron chi connectivity index (χ3n) is 4.76. The van der Waals surface area contributed by atoms with Crippen LogP contribution in [0.4, 0.5) is 0 Å². The number of hydrogen-bond donors (Lipinski definition) is 2. The Labute approximate surface area is 153 Å². The zero-order chi connectivity index (χ0) is 18.9. The lowest BCUT2D eigenvalue weighted by Gasteiger charge is -2.11. The molecule has 0 aromatic heterocycles. The first-order chi connectivity index (χ1) is 12.0. The van der Waals surface area contributed by atoms with Gasteiger partial charge < -0.3 is 10.2 Å². The lowest BCUT2D eigenvalue weighted by Crippen LogP contribution is -2.09. The molecule has 0 aromatic rings. The zero-order valence-electron chi connectivity index (χ0n) is 16.3. The Morgan fingerprint density at radius 1 is 0.800 bits per heavy atom. The van der Waals surface area contributed by atoms with Crippen LogP contribution in [0.1, 0.15) is 104 Å². The van der Waals surface area contributed by atoms with Gasteiger partial charge in [-0.3, -0.25) is 4.79 Å². The summed E-state index contributed by atoms with van der Waals surface area (Å²) >= 11 is 0. The van der Waals surface area contributed by atoms with Gasteiger partial charge in [-0.1, -0.05) is 90.6 Å². The Balaban J connectivity index is 3.82. The highest BCUT2D eigenvalue weighted by atomic mass is 16.4. The predicted octanol–water partition coefficient (Wildman–Crippen LogP) is 6.20. The highest BCUT2D eigenvalue weighted by Crippen LogP contribution is 2.19. The number of rotatable bonds is 17. The van der Waals surface area contributed by atoms with Crippen molar-refractivity contribution in [3.05, 3.63) is 11.6 Å². The van der Waals surface area contributed by atoms with Crippen molar-refractivity contribution in [2.45, 2.75) is 104 Å². The van der Waals surface area contributed by atoms with E-state index in [0.717, 1.165) is 19.3 Å². The van der Waals surface area contributed by atoms with Crippen molar-refractivity contribution in [1.82, 2.24) is 0 Å². The molecule has 0 rings (SSSR count). The summed E-state index contributed by atoms with van der Waals surface area (Å²) in [4.78, 5) is 21.9. The summed E-state index contributed by atoms with van der Waals surface area (Å²) in [6.07, 6.45) is 17.3. The van der Waals surface area contributed by atoms with Gasteiger partial charge in [-0.05, 0) is 18.8 Å². The van der Waals surface area contributed by atoms with E-state index in [1.807, 2.05) is 6.92 Å². The van der Waals surface area contributed by atoms with Crippen molar-refractivity contribution in [2.24, 2.45) is 5.92 Å². The van der Waals surface area contributed by atoms with Gasteiger partial charge >= 0.3 is 11.9 Å². The highest BCUT2D eigenvalue weighted by Gasteiger charge is 2.14. The van der Waals surface area contributed by atoms with Crippen LogP contribution in [0.15, 0.2) is 11.6 Å². The molecule has 2 N–H and O–H groups in total. The van der Waals surface area contributed by atoms with Gasteiger partial charge in [0.1, 0.15) is 0 Å². The molecule has 0 bridgehead atoms. The number of hydrogen-bond acceptors (Lipinski definition) is 2. The molecule has 4 heteroatoms. The minimum absolute atomic E-state index is 0.0161. The number of aliphatic carboxylic acids is 2. The molecule has 0 aromatic carbocycles. The predicted molar refractivity (Wildman–Crippen MR) is 103 cm³/mol. The average molecular weight is 355 g/mol. The second-order valence-corrected chi connectivity index (χ2v) is 7.06. The number of allylic oxidation sites excluding steroid dienone is 1. The van der Waals surface area contributed by atoms with E-state index in [2.05, 4.69) is 6.92 Å². The van der Waals surface area contributed by atoms with Crippen LogP contribution in [0.25, 0.3) is 0 Å². The highest BCUT2D eigenvalue weighted by molar-refractivity contribution is 5.92. The van der Waals surface area contributed by atoms with Crippen LogP contribution < -0.4 is 0 Å². The van der Waals surface area contributed by atoms with E-state index in [1.54, 1.807) is 6.08 Å². The second-order valence-electron chi connectivity index (χ2n) is 7.06. The van der Waals surface area contributed by atoms with Crippen LogP contribution in [-0.2, 0) is 9.59 Å². The Kier molecular flexibility index (Phi) is 15.3. The van der Waals surface area contributed by atoms with Crippen molar-refractivity contribution < 1.29 is 19.8 Å². The van der Waals surface area contributed by atoms with E-state index in [4.69, 9.17) is 10.2 Å². The molecule has 0 radical (unpaired) electrons. The number of carboxylic acids is 2. The van der Waals surface area contributed by atoms with Gasteiger partial charge in [-0.15, -0.1) is 0 Å². The summed E-state index contributed by atoms with van der Waals surface area (Å²) in [7, 11) is 0. The molecule has 1 atom stereocenters. The van der Waals surface area contributed by atoms with Crippen molar-refractivity contribution >= 4 is 11.9 Å². The lowest BCUT2D eigenvalue weighted by molar-refractivity contribution is -0.139. The van der Waals surface area contributed by atoms with Crippen molar-refractivity contribution in [3.63, 3.8) is 0 Å². The van der Waals surface area contributed by atoms with E-state index in [9.17, 15) is 9.59 Å². The molecule has 25 heavy (non-hydrogen) atoms. The quantitative estimate of drug-likeness (QED) is 0.241. The largest absolute Gasteiger partial charge is 0.481 e. The van der Waals surface area contributed by atoms with Gasteiger partial charge in [-0.25, -0.2) is 4.79 Å². The molecule has 0 heterocycles. The van der Waals surface area contributed by atoms with Crippen molar-refractivity contribution in [3.8, 4) is 0 Å². The van der Waals surface area contributed by atoms with Gasteiger partial charge in [0.25, 0.3) is 0 Å². The first-order valence-corrected chi connectivity index (χ1v) is 10.2. The summed E-state index contributed by atoms with van der Waals surface area (Å²) in [5.74, 6) is -2.03. The second kappa shape index (κ2) is 16.2. The van der Waals surface area contributed by atoms with Crippen LogP contribution in [0.3, 0.4) is 0 Å². The van der Waals surface area contributed by atoms with Gasteiger partial charge in [0, 0.05) is 5.57 Å². The smallest absolute Gasteiger partial charge is 0.331 e. The molecule has 0 unspecified atom stereocenters. The lowest BCUT2D eigenvalue weighted by atomic mass is 9.94. The maximum absolute atomic E-state index is 11.1. The van der Waals surface area contributed by atoms with Crippen LogP contribution in [-0.4, -0.2) is 22.2 Å². The Morgan fingerprint density at radius 2 is 1.28 bits per heavy atom. The van der Waals surface area contributed by atoms with E-state index < -0.39 is 18.4 Å². The number of carboxylic acid groups (broad SMARTS) is 2.